The van der Waals surface area contributed by atoms with Gasteiger partial charge >= 0.3 is 0 Å². The van der Waals surface area contributed by atoms with Crippen LogP contribution in [0, 0.1) is 5.92 Å². The third kappa shape index (κ3) is 3.51. The number of carbonyl (C=O) groups is 1. The van der Waals surface area contributed by atoms with Crippen molar-refractivity contribution in [2.75, 3.05) is 13.7 Å². The Morgan fingerprint density at radius 2 is 2.10 bits per heavy atom. The topological polar surface area (TPSA) is 50.4 Å². The second-order valence-corrected chi connectivity index (χ2v) is 5.55. The van der Waals surface area contributed by atoms with Crippen molar-refractivity contribution in [3.8, 4) is 5.75 Å². The van der Waals surface area contributed by atoms with Crippen molar-refractivity contribution < 1.29 is 9.53 Å². The van der Waals surface area contributed by atoms with Gasteiger partial charge in [-0.2, -0.15) is 0 Å². The maximum absolute atomic E-state index is 12.3. The van der Waals surface area contributed by atoms with Crippen LogP contribution in [-0.2, 0) is 4.79 Å². The maximum atomic E-state index is 12.3. The lowest BCUT2D eigenvalue weighted by atomic mass is 9.92. The summed E-state index contributed by atoms with van der Waals surface area (Å²) in [7, 11) is 1.65. The maximum Gasteiger partial charge on any atom is 0.237 e. The van der Waals surface area contributed by atoms with Gasteiger partial charge in [0, 0.05) is 0 Å². The molecule has 1 aliphatic rings. The van der Waals surface area contributed by atoms with Gasteiger partial charge < -0.3 is 15.4 Å². The molecular weight excluding hydrogens is 252 g/mol. The molecule has 20 heavy (non-hydrogen) atoms. The van der Waals surface area contributed by atoms with Crippen LogP contribution in [0.15, 0.2) is 24.3 Å². The molecule has 4 nitrogen and oxygen atoms in total. The van der Waals surface area contributed by atoms with E-state index in [1.54, 1.807) is 7.11 Å². The number of methoxy groups -OCH3 is 1. The van der Waals surface area contributed by atoms with Crippen LogP contribution in [0.1, 0.15) is 38.3 Å². The highest BCUT2D eigenvalue weighted by molar-refractivity contribution is 5.82. The molecule has 2 rings (SSSR count). The Morgan fingerprint density at radius 3 is 2.70 bits per heavy atom. The predicted molar refractivity (Wildman–Crippen MR) is 79.7 cm³/mol. The normalized spacial score (nSPS) is 23.9. The average Bonchev–Trinajstić information content (AvgIpc) is 2.47. The zero-order chi connectivity index (χ0) is 14.5. The summed E-state index contributed by atoms with van der Waals surface area (Å²) in [5, 5.41) is 6.40. The first kappa shape index (κ1) is 14.9. The summed E-state index contributed by atoms with van der Waals surface area (Å²) < 4.78 is 5.14. The molecule has 110 valence electrons. The first-order valence-corrected chi connectivity index (χ1v) is 7.29. The minimum atomic E-state index is -0.0653. The first-order valence-electron chi connectivity index (χ1n) is 7.29. The molecule has 0 aliphatic carbocycles. The fourth-order valence-corrected chi connectivity index (χ4v) is 2.68. The van der Waals surface area contributed by atoms with E-state index in [1.165, 1.54) is 0 Å². The molecule has 0 bridgehead atoms. The molecule has 2 unspecified atom stereocenters. The summed E-state index contributed by atoms with van der Waals surface area (Å²) in [6.45, 7) is 5.07. The highest BCUT2D eigenvalue weighted by Crippen LogP contribution is 2.19. The zero-order valence-corrected chi connectivity index (χ0v) is 12.5. The Balaban J connectivity index is 1.95. The molecule has 4 heteroatoms. The molecule has 2 N–H and O–H groups in total. The highest BCUT2D eigenvalue weighted by atomic mass is 16.5. The van der Waals surface area contributed by atoms with E-state index in [1.807, 2.05) is 31.2 Å². The van der Waals surface area contributed by atoms with Crippen molar-refractivity contribution in [1.82, 2.24) is 10.6 Å². The summed E-state index contributed by atoms with van der Waals surface area (Å²) in [6, 6.07) is 7.75. The highest BCUT2D eigenvalue weighted by Gasteiger charge is 2.28. The molecule has 3 atom stereocenters. The summed E-state index contributed by atoms with van der Waals surface area (Å²) >= 11 is 0. The molecule has 1 aromatic carbocycles. The Labute approximate surface area is 120 Å². The first-order chi connectivity index (χ1) is 9.61. The Hall–Kier alpha value is -1.55. The standard InChI is InChI=1S/C16H24N2O2/c1-11-5-4-10-17-15(11)16(19)18-12(2)13-6-8-14(20-3)9-7-13/h6-9,11-12,15,17H,4-5,10H2,1-3H3,(H,18,19)/t11?,12-,15?/m1/s1. The Kier molecular flexibility index (Phi) is 5.01. The van der Waals surface area contributed by atoms with Gasteiger partial charge in [-0.05, 0) is 49.9 Å². The van der Waals surface area contributed by atoms with Crippen LogP contribution < -0.4 is 15.4 Å². The van der Waals surface area contributed by atoms with E-state index in [4.69, 9.17) is 4.74 Å². The molecular formula is C16H24N2O2. The van der Waals surface area contributed by atoms with Gasteiger partial charge in [0.2, 0.25) is 5.91 Å². The van der Waals surface area contributed by atoms with Crippen LogP contribution in [0.5, 0.6) is 5.75 Å². The van der Waals surface area contributed by atoms with E-state index in [0.717, 1.165) is 30.7 Å². The molecule has 0 spiro atoms. The lowest BCUT2D eigenvalue weighted by Gasteiger charge is -2.30. The molecule has 0 saturated carbocycles. The molecule has 1 aliphatic heterocycles. The predicted octanol–water partition coefficient (Wildman–Crippen LogP) is 2.26. The van der Waals surface area contributed by atoms with Gasteiger partial charge in [0.1, 0.15) is 5.75 Å². The lowest BCUT2D eigenvalue weighted by Crippen LogP contribution is -2.51. The van der Waals surface area contributed by atoms with Gasteiger partial charge in [0.05, 0.1) is 19.2 Å². The lowest BCUT2D eigenvalue weighted by molar-refractivity contribution is -0.125. The molecule has 1 saturated heterocycles. The van der Waals surface area contributed by atoms with Gasteiger partial charge in [-0.25, -0.2) is 0 Å². The summed E-state index contributed by atoms with van der Waals surface area (Å²) in [5.41, 5.74) is 1.09. The van der Waals surface area contributed by atoms with E-state index in [0.29, 0.717) is 5.92 Å². The Morgan fingerprint density at radius 1 is 1.40 bits per heavy atom. The van der Waals surface area contributed by atoms with Crippen molar-refractivity contribution in [2.45, 2.75) is 38.8 Å². The third-order valence-corrected chi connectivity index (χ3v) is 4.03. The number of hydrogen-bond acceptors (Lipinski definition) is 3. The van der Waals surface area contributed by atoms with Gasteiger partial charge in [0.15, 0.2) is 0 Å². The number of ether oxygens (including phenoxy) is 1. The van der Waals surface area contributed by atoms with Crippen LogP contribution in [-0.4, -0.2) is 25.6 Å². The van der Waals surface area contributed by atoms with Crippen molar-refractivity contribution in [3.05, 3.63) is 29.8 Å². The van der Waals surface area contributed by atoms with Gasteiger partial charge in [0.25, 0.3) is 0 Å². The monoisotopic (exact) mass is 276 g/mol. The van der Waals surface area contributed by atoms with Crippen LogP contribution in [0.25, 0.3) is 0 Å². The molecule has 1 fully saturated rings. The molecule has 0 aromatic heterocycles. The summed E-state index contributed by atoms with van der Waals surface area (Å²) in [4.78, 5) is 12.3. The number of rotatable bonds is 4. The number of carbonyl (C=O) groups excluding carboxylic acids is 1. The minimum absolute atomic E-state index is 0.00401. The minimum Gasteiger partial charge on any atom is -0.497 e. The van der Waals surface area contributed by atoms with Crippen molar-refractivity contribution >= 4 is 5.91 Å². The van der Waals surface area contributed by atoms with Crippen molar-refractivity contribution in [3.63, 3.8) is 0 Å². The van der Waals surface area contributed by atoms with E-state index < -0.39 is 0 Å². The van der Waals surface area contributed by atoms with Gasteiger partial charge in [-0.15, -0.1) is 0 Å². The number of nitrogens with one attached hydrogen (secondary N) is 2. The van der Waals surface area contributed by atoms with Crippen LogP contribution in [0.3, 0.4) is 0 Å². The number of piperidine rings is 1. The summed E-state index contributed by atoms with van der Waals surface area (Å²) in [5.74, 6) is 1.32. The van der Waals surface area contributed by atoms with Crippen LogP contribution in [0.2, 0.25) is 0 Å². The van der Waals surface area contributed by atoms with E-state index in [9.17, 15) is 4.79 Å². The molecule has 1 heterocycles. The zero-order valence-electron chi connectivity index (χ0n) is 12.5. The Bertz CT molecular complexity index is 444. The fourth-order valence-electron chi connectivity index (χ4n) is 2.68. The van der Waals surface area contributed by atoms with E-state index in [2.05, 4.69) is 17.6 Å². The second-order valence-electron chi connectivity index (χ2n) is 5.55. The molecule has 1 amide bonds. The largest absolute Gasteiger partial charge is 0.497 e. The average molecular weight is 276 g/mol. The fraction of sp³-hybridized carbons (Fsp3) is 0.562. The molecule has 0 radical (unpaired) electrons. The van der Waals surface area contributed by atoms with Gasteiger partial charge in [-0.1, -0.05) is 19.1 Å². The van der Waals surface area contributed by atoms with E-state index >= 15 is 0 Å². The summed E-state index contributed by atoms with van der Waals surface area (Å²) in [6.07, 6.45) is 2.26. The van der Waals surface area contributed by atoms with Crippen molar-refractivity contribution in [1.29, 1.82) is 0 Å². The van der Waals surface area contributed by atoms with E-state index in [-0.39, 0.29) is 18.0 Å². The van der Waals surface area contributed by atoms with Crippen LogP contribution >= 0.6 is 0 Å². The number of hydrogen-bond donors (Lipinski definition) is 2. The van der Waals surface area contributed by atoms with Gasteiger partial charge in [-0.3, -0.25) is 4.79 Å². The van der Waals surface area contributed by atoms with Crippen LogP contribution in [0.4, 0.5) is 0 Å². The second kappa shape index (κ2) is 6.75. The molecule has 1 aromatic rings. The smallest absolute Gasteiger partial charge is 0.237 e. The number of amides is 1. The van der Waals surface area contributed by atoms with Crippen molar-refractivity contribution in [2.24, 2.45) is 5.92 Å². The third-order valence-electron chi connectivity index (χ3n) is 4.03. The number of benzene rings is 1. The SMILES string of the molecule is COc1ccc([C@@H](C)NC(=O)C2NCCCC2C)cc1. The quantitative estimate of drug-likeness (QED) is 0.887.